The Bertz CT molecular complexity index is 4020. The molecule has 13 rings (SSSR count). The monoisotopic (exact) mass is 912 g/mol. The fourth-order valence-corrected chi connectivity index (χ4v) is 10.6. The molecule has 0 saturated heterocycles. The predicted molar refractivity (Wildman–Crippen MR) is 250 cm³/mol. The van der Waals surface area contributed by atoms with Gasteiger partial charge in [-0.3, -0.25) is 0 Å². The molecular weight excluding hydrogens is 885 g/mol. The van der Waals surface area contributed by atoms with Crippen molar-refractivity contribution in [1.82, 2.24) is 9.13 Å². The van der Waals surface area contributed by atoms with E-state index in [1.807, 2.05) is 0 Å². The van der Waals surface area contributed by atoms with Crippen molar-refractivity contribution in [2.24, 2.45) is 0 Å². The zero-order valence-electron chi connectivity index (χ0n) is 34.9. The normalized spacial score (nSPS) is 12.7. The van der Waals surface area contributed by atoms with Crippen LogP contribution in [0.1, 0.15) is 11.1 Å². The van der Waals surface area contributed by atoms with E-state index in [4.69, 9.17) is 8.83 Å². The van der Waals surface area contributed by atoms with Gasteiger partial charge in [-0.05, 0) is 60.7 Å². The standard InChI is InChI=1S/C56H28F8N2O2/c57-35-19-7-1-13-29(35)49-51(55(59,60)61)50(30-14-2-8-20-36(30)58)54(66-38-22-10-4-16-32(38)46-40(66)26-28-44-48(46)34-18-6-12-24-42(34)68-44)52(56(62,63)64)53(49)65-37-21-9-3-15-31(37)45-39(65)25-27-43-47(45)33-17-5-11-23-41(33)67-43/h1-28H. The van der Waals surface area contributed by atoms with Crippen molar-refractivity contribution in [3.05, 3.63) is 193 Å². The molecule has 0 saturated carbocycles. The maximum atomic E-state index is 17.4. The average molecular weight is 913 g/mol. The third kappa shape index (κ3) is 5.48. The number of benzene rings is 9. The molecule has 330 valence electrons. The van der Waals surface area contributed by atoms with Crippen LogP contribution in [-0.4, -0.2) is 9.13 Å². The van der Waals surface area contributed by atoms with E-state index in [9.17, 15) is 0 Å². The zero-order chi connectivity index (χ0) is 46.4. The minimum atomic E-state index is -5.55. The van der Waals surface area contributed by atoms with Crippen LogP contribution in [0.3, 0.4) is 0 Å². The Labute approximate surface area is 378 Å². The van der Waals surface area contributed by atoms with E-state index in [0.717, 1.165) is 33.4 Å². The van der Waals surface area contributed by atoms with Gasteiger partial charge in [-0.15, -0.1) is 0 Å². The van der Waals surface area contributed by atoms with E-state index in [-0.39, 0.29) is 22.1 Å². The van der Waals surface area contributed by atoms with Crippen LogP contribution in [0.15, 0.2) is 179 Å². The molecule has 0 fully saturated rings. The van der Waals surface area contributed by atoms with Gasteiger partial charge in [0.05, 0.1) is 39.0 Å². The van der Waals surface area contributed by atoms with Crippen molar-refractivity contribution in [3.63, 3.8) is 0 Å². The lowest BCUT2D eigenvalue weighted by Gasteiger charge is -2.31. The first-order valence-electron chi connectivity index (χ1n) is 21.5. The lowest BCUT2D eigenvalue weighted by Crippen LogP contribution is -2.23. The Morgan fingerprint density at radius 3 is 1.10 bits per heavy atom. The fourth-order valence-electron chi connectivity index (χ4n) is 10.6. The van der Waals surface area contributed by atoms with Crippen LogP contribution in [0.5, 0.6) is 0 Å². The van der Waals surface area contributed by atoms with Crippen molar-refractivity contribution in [2.75, 3.05) is 0 Å². The first-order valence-corrected chi connectivity index (χ1v) is 21.5. The highest BCUT2D eigenvalue weighted by atomic mass is 19.4. The Hall–Kier alpha value is -8.38. The molecule has 12 heteroatoms. The average Bonchev–Trinajstić information content (AvgIpc) is 4.08. The molecule has 4 nitrogen and oxygen atoms in total. The number of halogens is 8. The molecule has 9 aromatic carbocycles. The fraction of sp³-hybridized carbons (Fsp3) is 0.0357. The smallest absolute Gasteiger partial charge is 0.420 e. The molecule has 0 unspecified atom stereocenters. The number of alkyl halides is 6. The predicted octanol–water partition coefficient (Wildman–Crippen LogP) is 17.3. The number of rotatable bonds is 4. The molecule has 0 spiro atoms. The number of fused-ring (bicyclic) bond motifs is 14. The minimum Gasteiger partial charge on any atom is -0.456 e. The van der Waals surface area contributed by atoms with Gasteiger partial charge in [0, 0.05) is 65.3 Å². The number of hydrogen-bond acceptors (Lipinski definition) is 2. The second kappa shape index (κ2) is 14.1. The Morgan fingerprint density at radius 1 is 0.324 bits per heavy atom. The second-order valence-corrected chi connectivity index (χ2v) is 16.7. The van der Waals surface area contributed by atoms with E-state index in [0.29, 0.717) is 65.4 Å². The minimum absolute atomic E-state index is 0.0832. The molecule has 0 N–H and O–H groups in total. The topological polar surface area (TPSA) is 36.1 Å². The van der Waals surface area contributed by atoms with Crippen molar-refractivity contribution in [3.8, 4) is 33.6 Å². The summed E-state index contributed by atoms with van der Waals surface area (Å²) in [5, 5.41) is 3.87. The van der Waals surface area contributed by atoms with E-state index >= 15 is 35.1 Å². The Kier molecular flexibility index (Phi) is 8.26. The zero-order valence-corrected chi connectivity index (χ0v) is 34.9. The lowest BCUT2D eigenvalue weighted by molar-refractivity contribution is -0.140. The van der Waals surface area contributed by atoms with E-state index < -0.39 is 68.7 Å². The lowest BCUT2D eigenvalue weighted by atomic mass is 9.84. The summed E-state index contributed by atoms with van der Waals surface area (Å²) in [5.74, 6) is -2.45. The number of aromatic nitrogens is 2. The van der Waals surface area contributed by atoms with Crippen molar-refractivity contribution in [2.45, 2.75) is 12.4 Å². The summed E-state index contributed by atoms with van der Waals surface area (Å²) in [6.07, 6.45) is -11.1. The number of para-hydroxylation sites is 4. The summed E-state index contributed by atoms with van der Waals surface area (Å²) < 4.78 is 151. The van der Waals surface area contributed by atoms with Gasteiger partial charge in [0.2, 0.25) is 0 Å². The summed E-state index contributed by atoms with van der Waals surface area (Å²) in [7, 11) is 0. The molecule has 4 heterocycles. The van der Waals surface area contributed by atoms with Gasteiger partial charge in [0.25, 0.3) is 0 Å². The molecule has 0 aliphatic carbocycles. The molecule has 0 radical (unpaired) electrons. The highest BCUT2D eigenvalue weighted by Gasteiger charge is 2.49. The molecule has 68 heavy (non-hydrogen) atoms. The SMILES string of the molecule is Fc1ccccc1-c1c(-n2c3ccccc3c3c4c(ccc32)oc2ccccc24)c(C(F)(F)F)c(-n2c3ccccc3c3c4c(ccc32)oc2ccccc24)c(-c2ccccc2F)c1C(F)(F)F. The van der Waals surface area contributed by atoms with Crippen LogP contribution < -0.4 is 0 Å². The summed E-state index contributed by atoms with van der Waals surface area (Å²) in [6, 6.07) is 42.0. The van der Waals surface area contributed by atoms with Crippen LogP contribution in [0.25, 0.3) is 121 Å². The third-order valence-electron chi connectivity index (χ3n) is 13.1. The molecular formula is C56H28F8N2O2. The van der Waals surface area contributed by atoms with Gasteiger partial charge < -0.3 is 18.0 Å². The largest absolute Gasteiger partial charge is 0.456 e. The summed E-state index contributed by atoms with van der Waals surface area (Å²) in [5.41, 5.74) is -6.98. The molecule has 4 aromatic heterocycles. The van der Waals surface area contributed by atoms with Crippen LogP contribution in [-0.2, 0) is 12.4 Å². The van der Waals surface area contributed by atoms with Crippen LogP contribution in [0, 0.1) is 11.6 Å². The molecule has 0 amide bonds. The Balaban J connectivity index is 1.36. The highest BCUT2D eigenvalue weighted by molar-refractivity contribution is 6.29. The summed E-state index contributed by atoms with van der Waals surface area (Å²) in [4.78, 5) is 0. The van der Waals surface area contributed by atoms with Gasteiger partial charge in [-0.1, -0.05) is 109 Å². The molecule has 0 atom stereocenters. The van der Waals surface area contributed by atoms with Gasteiger partial charge in [-0.2, -0.15) is 26.3 Å². The van der Waals surface area contributed by atoms with Gasteiger partial charge >= 0.3 is 12.4 Å². The molecule has 0 bridgehead atoms. The van der Waals surface area contributed by atoms with Crippen molar-refractivity contribution >= 4 is 87.5 Å². The van der Waals surface area contributed by atoms with Gasteiger partial charge in [0.1, 0.15) is 39.5 Å². The summed E-state index contributed by atoms with van der Waals surface area (Å²) in [6.45, 7) is 0. The van der Waals surface area contributed by atoms with E-state index in [2.05, 4.69) is 0 Å². The van der Waals surface area contributed by atoms with Crippen molar-refractivity contribution in [1.29, 1.82) is 0 Å². The number of furan rings is 2. The third-order valence-corrected chi connectivity index (χ3v) is 13.1. The van der Waals surface area contributed by atoms with Gasteiger partial charge in [-0.25, -0.2) is 8.78 Å². The molecule has 0 aliphatic rings. The summed E-state index contributed by atoms with van der Waals surface area (Å²) >= 11 is 0. The van der Waals surface area contributed by atoms with Gasteiger partial charge in [0.15, 0.2) is 0 Å². The van der Waals surface area contributed by atoms with Crippen LogP contribution >= 0.6 is 0 Å². The van der Waals surface area contributed by atoms with Crippen molar-refractivity contribution < 1.29 is 44.0 Å². The number of hydrogen-bond donors (Lipinski definition) is 0. The first kappa shape index (κ1) is 39.9. The van der Waals surface area contributed by atoms with Crippen LogP contribution in [0.2, 0.25) is 0 Å². The molecule has 0 aliphatic heterocycles. The van der Waals surface area contributed by atoms with E-state index in [1.54, 1.807) is 97.1 Å². The van der Waals surface area contributed by atoms with Crippen LogP contribution in [0.4, 0.5) is 35.1 Å². The Morgan fingerprint density at radius 2 is 0.691 bits per heavy atom. The number of nitrogens with zero attached hydrogens (tertiary/aromatic N) is 2. The van der Waals surface area contributed by atoms with E-state index in [1.165, 1.54) is 48.5 Å². The maximum absolute atomic E-state index is 17.4. The first-order chi connectivity index (χ1) is 32.9. The second-order valence-electron chi connectivity index (χ2n) is 16.7. The molecule has 13 aromatic rings. The highest BCUT2D eigenvalue weighted by Crippen LogP contribution is 2.57. The quantitative estimate of drug-likeness (QED) is 0.165. The maximum Gasteiger partial charge on any atom is 0.420 e.